The van der Waals surface area contributed by atoms with Gasteiger partial charge in [-0.25, -0.2) is 4.98 Å². The van der Waals surface area contributed by atoms with E-state index in [1.165, 1.54) is 16.9 Å². The molecule has 0 spiro atoms. The Morgan fingerprint density at radius 2 is 2.12 bits per heavy atom. The summed E-state index contributed by atoms with van der Waals surface area (Å²) in [5, 5.41) is 5.48. The number of rotatable bonds is 3. The third kappa shape index (κ3) is 2.71. The highest BCUT2D eigenvalue weighted by molar-refractivity contribution is 7.13. The molecule has 2 aromatic carbocycles. The average Bonchev–Trinajstić information content (AvgIpc) is 3.27. The van der Waals surface area contributed by atoms with Gasteiger partial charge in [0, 0.05) is 23.1 Å². The zero-order chi connectivity index (χ0) is 18.1. The van der Waals surface area contributed by atoms with Crippen molar-refractivity contribution in [3.05, 3.63) is 82.4 Å². The molecule has 3 nitrogen and oxygen atoms in total. The predicted octanol–water partition coefficient (Wildman–Crippen LogP) is 4.46. The van der Waals surface area contributed by atoms with Gasteiger partial charge in [-0.2, -0.15) is 0 Å². The first-order valence-electron chi connectivity index (χ1n) is 8.47. The van der Waals surface area contributed by atoms with Crippen molar-refractivity contribution in [2.75, 3.05) is 5.32 Å². The number of terminal acetylenes is 1. The first kappa shape index (κ1) is 16.6. The normalized spacial score (nSPS) is 21.0. The van der Waals surface area contributed by atoms with Gasteiger partial charge >= 0.3 is 0 Å². The second-order valence-electron chi connectivity index (χ2n) is 6.79. The molecule has 1 N–H and O–H groups in total. The van der Waals surface area contributed by atoms with E-state index < -0.39 is 5.41 Å². The summed E-state index contributed by atoms with van der Waals surface area (Å²) in [5.74, 6) is 2.65. The van der Waals surface area contributed by atoms with Crippen LogP contribution in [-0.4, -0.2) is 10.9 Å². The first-order valence-corrected chi connectivity index (χ1v) is 9.35. The molecular weight excluding hydrogens is 340 g/mol. The van der Waals surface area contributed by atoms with Crippen LogP contribution >= 0.6 is 11.3 Å². The van der Waals surface area contributed by atoms with Gasteiger partial charge in [-0.3, -0.25) is 4.79 Å². The molecule has 1 aliphatic rings. The number of aromatic nitrogens is 1. The number of hydrogen-bond donors (Lipinski definition) is 1. The van der Waals surface area contributed by atoms with Crippen LogP contribution in [0.2, 0.25) is 0 Å². The quantitative estimate of drug-likeness (QED) is 0.703. The van der Waals surface area contributed by atoms with E-state index >= 15 is 0 Å². The van der Waals surface area contributed by atoms with Gasteiger partial charge in [-0.15, -0.1) is 17.8 Å². The van der Waals surface area contributed by atoms with Gasteiger partial charge in [0.1, 0.15) is 0 Å². The lowest BCUT2D eigenvalue weighted by atomic mass is 9.73. The predicted molar refractivity (Wildman–Crippen MR) is 105 cm³/mol. The number of nitrogens with one attached hydrogen (secondary N) is 1. The minimum absolute atomic E-state index is 0.0141. The average molecular weight is 358 g/mol. The molecule has 3 aromatic rings. The van der Waals surface area contributed by atoms with Crippen molar-refractivity contribution in [3.8, 4) is 12.3 Å². The molecule has 0 radical (unpaired) electrons. The van der Waals surface area contributed by atoms with E-state index in [0.717, 1.165) is 16.7 Å². The lowest BCUT2D eigenvalue weighted by Crippen LogP contribution is -2.37. The van der Waals surface area contributed by atoms with Gasteiger partial charge in [-0.05, 0) is 42.2 Å². The number of thiazole rings is 1. The third-order valence-corrected chi connectivity index (χ3v) is 5.81. The fourth-order valence-electron chi connectivity index (χ4n) is 3.88. The van der Waals surface area contributed by atoms with Gasteiger partial charge < -0.3 is 5.32 Å². The van der Waals surface area contributed by atoms with E-state index in [0.29, 0.717) is 11.6 Å². The number of hydrogen-bond acceptors (Lipinski definition) is 3. The van der Waals surface area contributed by atoms with Crippen molar-refractivity contribution in [2.24, 2.45) is 5.41 Å². The topological polar surface area (TPSA) is 42.0 Å². The second-order valence-corrected chi connectivity index (χ2v) is 7.68. The van der Waals surface area contributed by atoms with Crippen LogP contribution in [0.1, 0.15) is 35.1 Å². The maximum absolute atomic E-state index is 13.3. The number of carbonyl (C=O) groups excluding carboxylic acids is 1. The molecule has 4 rings (SSSR count). The summed E-state index contributed by atoms with van der Waals surface area (Å²) in [6, 6.07) is 16.2. The van der Waals surface area contributed by atoms with Gasteiger partial charge in [0.05, 0.1) is 5.41 Å². The van der Waals surface area contributed by atoms with E-state index in [4.69, 9.17) is 6.42 Å². The van der Waals surface area contributed by atoms with E-state index in [9.17, 15) is 4.79 Å². The number of fused-ring (bicyclic) bond motifs is 1. The molecule has 0 bridgehead atoms. The number of carbonyl (C=O) groups is 1. The molecular formula is C22H18N2OS. The van der Waals surface area contributed by atoms with Crippen molar-refractivity contribution in [3.63, 3.8) is 0 Å². The number of amides is 1. The summed E-state index contributed by atoms with van der Waals surface area (Å²) >= 11 is 1.43. The Morgan fingerprint density at radius 1 is 1.31 bits per heavy atom. The third-order valence-electron chi connectivity index (χ3n) is 5.12. The first-order chi connectivity index (χ1) is 12.6. The summed E-state index contributed by atoms with van der Waals surface area (Å²) in [4.78, 5) is 17.4. The van der Waals surface area contributed by atoms with Crippen LogP contribution < -0.4 is 5.32 Å². The van der Waals surface area contributed by atoms with Crippen molar-refractivity contribution < 1.29 is 4.79 Å². The Bertz CT molecular complexity index is 989. The Labute approximate surface area is 157 Å². The van der Waals surface area contributed by atoms with Crippen molar-refractivity contribution >= 4 is 22.4 Å². The highest BCUT2D eigenvalue weighted by Gasteiger charge is 2.48. The monoisotopic (exact) mass is 358 g/mol. The van der Waals surface area contributed by atoms with Crippen LogP contribution in [0.4, 0.5) is 5.13 Å². The Morgan fingerprint density at radius 3 is 2.81 bits per heavy atom. The molecule has 1 aromatic heterocycles. The highest BCUT2D eigenvalue weighted by atomic mass is 32.1. The maximum atomic E-state index is 13.3. The van der Waals surface area contributed by atoms with Gasteiger partial charge in [0.15, 0.2) is 5.13 Å². The Kier molecular flexibility index (Phi) is 4.10. The lowest BCUT2D eigenvalue weighted by Gasteiger charge is -2.31. The van der Waals surface area contributed by atoms with E-state index in [-0.39, 0.29) is 11.8 Å². The fourth-order valence-corrected chi connectivity index (χ4v) is 4.41. The van der Waals surface area contributed by atoms with Gasteiger partial charge in [0.25, 0.3) is 0 Å². The van der Waals surface area contributed by atoms with Crippen LogP contribution in [0.15, 0.2) is 60.1 Å². The van der Waals surface area contributed by atoms with Gasteiger partial charge in [0.2, 0.25) is 5.91 Å². The van der Waals surface area contributed by atoms with Gasteiger partial charge in [-0.1, -0.05) is 42.3 Å². The molecule has 0 unspecified atom stereocenters. The molecule has 1 amide bonds. The van der Waals surface area contributed by atoms with E-state index in [1.807, 2.05) is 36.6 Å². The second kappa shape index (κ2) is 6.44. The molecule has 2 atom stereocenters. The molecule has 128 valence electrons. The molecule has 0 saturated heterocycles. The summed E-state index contributed by atoms with van der Waals surface area (Å²) in [5.41, 5.74) is 3.67. The summed E-state index contributed by atoms with van der Waals surface area (Å²) < 4.78 is 0. The number of nitrogens with zero attached hydrogens (tertiary/aromatic N) is 1. The van der Waals surface area contributed by atoms with Crippen molar-refractivity contribution in [1.29, 1.82) is 0 Å². The number of anilines is 1. The molecule has 26 heavy (non-hydrogen) atoms. The SMILES string of the molecule is C#Cc1ccc2c(c1)[C@@H](c1ccccc1)[C@@](C)(C(=O)Nc1nccs1)C2. The molecule has 0 aliphatic heterocycles. The standard InChI is InChI=1S/C22H18N2OS/c1-3-15-9-10-17-14-22(2,20(25)24-21-23-11-12-26-21)19(18(17)13-15)16-7-5-4-6-8-16/h1,4-13,19H,14H2,2H3,(H,23,24,25)/t19-,22+/m1/s1. The minimum Gasteiger partial charge on any atom is -0.301 e. The molecule has 1 heterocycles. The van der Waals surface area contributed by atoms with Crippen molar-refractivity contribution in [1.82, 2.24) is 4.98 Å². The van der Waals surface area contributed by atoms with E-state index in [2.05, 4.69) is 40.5 Å². The molecule has 0 saturated carbocycles. The molecule has 0 fully saturated rings. The van der Waals surface area contributed by atoms with Crippen molar-refractivity contribution in [2.45, 2.75) is 19.3 Å². The molecule has 1 aliphatic carbocycles. The summed E-state index contributed by atoms with van der Waals surface area (Å²) in [7, 11) is 0. The number of benzene rings is 2. The van der Waals surface area contributed by atoms with Crippen LogP contribution in [0.5, 0.6) is 0 Å². The van der Waals surface area contributed by atoms with Crippen LogP contribution in [0, 0.1) is 17.8 Å². The largest absolute Gasteiger partial charge is 0.301 e. The zero-order valence-corrected chi connectivity index (χ0v) is 15.2. The fraction of sp³-hybridized carbons (Fsp3) is 0.182. The van der Waals surface area contributed by atoms with Crippen LogP contribution in [0.3, 0.4) is 0 Å². The smallest absolute Gasteiger partial charge is 0.233 e. The lowest BCUT2D eigenvalue weighted by molar-refractivity contribution is -0.125. The van der Waals surface area contributed by atoms with Crippen LogP contribution in [0.25, 0.3) is 0 Å². The van der Waals surface area contributed by atoms with Crippen LogP contribution in [-0.2, 0) is 11.2 Å². The zero-order valence-electron chi connectivity index (χ0n) is 14.4. The summed E-state index contributed by atoms with van der Waals surface area (Å²) in [6.45, 7) is 2.03. The Hall–Kier alpha value is -2.90. The minimum atomic E-state index is -0.609. The maximum Gasteiger partial charge on any atom is 0.233 e. The summed E-state index contributed by atoms with van der Waals surface area (Å²) in [6.07, 6.45) is 7.97. The Balaban J connectivity index is 1.81. The molecule has 4 heteroatoms. The highest BCUT2D eigenvalue weighted by Crippen LogP contribution is 2.51. The van der Waals surface area contributed by atoms with E-state index in [1.54, 1.807) is 6.20 Å².